The fourth-order valence-corrected chi connectivity index (χ4v) is 4.79. The monoisotopic (exact) mass is 399 g/mol. The normalized spacial score (nSPS) is 19.1. The van der Waals surface area contributed by atoms with Crippen LogP contribution >= 0.6 is 23.2 Å². The van der Waals surface area contributed by atoms with E-state index in [2.05, 4.69) is 6.07 Å². The zero-order valence-electron chi connectivity index (χ0n) is 14.8. The maximum absolute atomic E-state index is 12.9. The lowest BCUT2D eigenvalue weighted by Gasteiger charge is -2.15. The Morgan fingerprint density at radius 1 is 1.11 bits per heavy atom. The summed E-state index contributed by atoms with van der Waals surface area (Å²) in [4.78, 5) is 12.9. The number of hydrogen-bond donors (Lipinski definition) is 0. The third-order valence-electron chi connectivity index (χ3n) is 5.72. The van der Waals surface area contributed by atoms with Gasteiger partial charge in [0.2, 0.25) is 0 Å². The SMILES string of the molecule is N#Cc1ccc(COc2cc3c(c(Cl)c2Cl)C(=O)C(C2CCCC2)C3)cc1. The number of benzene rings is 2. The van der Waals surface area contributed by atoms with Crippen LogP contribution in [0.4, 0.5) is 0 Å². The summed E-state index contributed by atoms with van der Waals surface area (Å²) < 4.78 is 5.89. The summed E-state index contributed by atoms with van der Waals surface area (Å²) >= 11 is 12.9. The van der Waals surface area contributed by atoms with Crippen LogP contribution in [-0.4, -0.2) is 5.78 Å². The third-order valence-corrected chi connectivity index (χ3v) is 6.57. The Morgan fingerprint density at radius 2 is 1.81 bits per heavy atom. The topological polar surface area (TPSA) is 50.1 Å². The van der Waals surface area contributed by atoms with Crippen LogP contribution in [0.15, 0.2) is 30.3 Å². The summed E-state index contributed by atoms with van der Waals surface area (Å²) in [6.45, 7) is 0.320. The van der Waals surface area contributed by atoms with E-state index in [1.54, 1.807) is 12.1 Å². The number of carbonyl (C=O) groups is 1. The molecule has 1 unspecified atom stereocenters. The first-order valence-corrected chi connectivity index (χ1v) is 10.0. The molecule has 27 heavy (non-hydrogen) atoms. The van der Waals surface area contributed by atoms with Crippen LogP contribution in [0.2, 0.25) is 10.0 Å². The number of carbonyl (C=O) groups excluding carboxylic acids is 1. The Kier molecular flexibility index (Phi) is 5.12. The van der Waals surface area contributed by atoms with Crippen LogP contribution in [0.3, 0.4) is 0 Å². The molecular formula is C22H19Cl2NO2. The average molecular weight is 400 g/mol. The zero-order chi connectivity index (χ0) is 19.0. The van der Waals surface area contributed by atoms with Crippen molar-refractivity contribution in [1.29, 1.82) is 5.26 Å². The first kappa shape index (κ1) is 18.3. The molecule has 0 N–H and O–H groups in total. The number of halogens is 2. The lowest BCUT2D eigenvalue weighted by Crippen LogP contribution is -2.18. The number of nitriles is 1. The Hall–Kier alpha value is -2.02. The van der Waals surface area contributed by atoms with Crippen molar-refractivity contribution in [2.75, 3.05) is 0 Å². The zero-order valence-corrected chi connectivity index (χ0v) is 16.3. The molecule has 0 spiro atoms. The smallest absolute Gasteiger partial charge is 0.168 e. The van der Waals surface area contributed by atoms with Gasteiger partial charge >= 0.3 is 0 Å². The highest BCUT2D eigenvalue weighted by molar-refractivity contribution is 6.45. The van der Waals surface area contributed by atoms with Crippen LogP contribution in [-0.2, 0) is 13.0 Å². The highest BCUT2D eigenvalue weighted by Crippen LogP contribution is 2.46. The van der Waals surface area contributed by atoms with Gasteiger partial charge < -0.3 is 4.74 Å². The van der Waals surface area contributed by atoms with Crippen LogP contribution in [0.5, 0.6) is 5.75 Å². The van der Waals surface area contributed by atoms with Crippen molar-refractivity contribution in [2.24, 2.45) is 11.8 Å². The molecule has 0 radical (unpaired) electrons. The summed E-state index contributed by atoms with van der Waals surface area (Å²) in [7, 11) is 0. The first-order chi connectivity index (χ1) is 13.1. The van der Waals surface area contributed by atoms with Crippen LogP contribution in [0.25, 0.3) is 0 Å². The van der Waals surface area contributed by atoms with Crippen molar-refractivity contribution in [3.05, 3.63) is 62.6 Å². The fraction of sp³-hybridized carbons (Fsp3) is 0.364. The Labute approximate surface area is 168 Å². The van der Waals surface area contributed by atoms with E-state index in [1.165, 1.54) is 12.8 Å². The third kappa shape index (κ3) is 3.45. The van der Waals surface area contributed by atoms with E-state index in [0.717, 1.165) is 30.4 Å². The largest absolute Gasteiger partial charge is 0.487 e. The first-order valence-electron chi connectivity index (χ1n) is 9.25. The summed E-state index contributed by atoms with van der Waals surface area (Å²) in [5, 5.41) is 9.48. The average Bonchev–Trinajstić information content (AvgIpc) is 3.32. The van der Waals surface area contributed by atoms with E-state index in [1.807, 2.05) is 18.2 Å². The van der Waals surface area contributed by atoms with Crippen molar-refractivity contribution < 1.29 is 9.53 Å². The molecule has 0 aliphatic heterocycles. The molecule has 0 aromatic heterocycles. The van der Waals surface area contributed by atoms with Crippen molar-refractivity contribution in [3.63, 3.8) is 0 Å². The molecule has 2 aromatic carbocycles. The Morgan fingerprint density at radius 3 is 2.48 bits per heavy atom. The molecule has 1 atom stereocenters. The lowest BCUT2D eigenvalue weighted by atomic mass is 9.88. The Balaban J connectivity index is 1.55. The minimum Gasteiger partial charge on any atom is -0.487 e. The maximum Gasteiger partial charge on any atom is 0.168 e. The number of fused-ring (bicyclic) bond motifs is 1. The molecule has 2 aliphatic rings. The predicted octanol–water partition coefficient (Wildman–Crippen LogP) is 5.99. The van der Waals surface area contributed by atoms with Gasteiger partial charge in [0.15, 0.2) is 5.78 Å². The van der Waals surface area contributed by atoms with Gasteiger partial charge in [-0.2, -0.15) is 5.26 Å². The van der Waals surface area contributed by atoms with Crippen molar-refractivity contribution in [2.45, 2.75) is 38.7 Å². The lowest BCUT2D eigenvalue weighted by molar-refractivity contribution is 0.0894. The number of rotatable bonds is 4. The number of hydrogen-bond acceptors (Lipinski definition) is 3. The summed E-state index contributed by atoms with van der Waals surface area (Å²) in [5.74, 6) is 1.14. The molecule has 0 bridgehead atoms. The standard InChI is InChI=1S/C22H19Cl2NO2/c23-20-18(27-12-14-7-5-13(11-25)6-8-14)10-16-9-17(15-3-1-2-4-15)22(26)19(16)21(20)24/h5-8,10,15,17H,1-4,9,12H2. The molecular weight excluding hydrogens is 381 g/mol. The minimum atomic E-state index is 0.0323. The van der Waals surface area contributed by atoms with Gasteiger partial charge in [-0.15, -0.1) is 0 Å². The highest BCUT2D eigenvalue weighted by atomic mass is 35.5. The molecule has 0 amide bonds. The molecule has 2 aromatic rings. The van der Waals surface area contributed by atoms with E-state index >= 15 is 0 Å². The van der Waals surface area contributed by atoms with E-state index in [-0.39, 0.29) is 11.7 Å². The van der Waals surface area contributed by atoms with Gasteiger partial charge in [-0.3, -0.25) is 4.79 Å². The van der Waals surface area contributed by atoms with Crippen LogP contribution in [0.1, 0.15) is 52.7 Å². The number of nitrogens with zero attached hydrogens (tertiary/aromatic N) is 1. The second kappa shape index (κ2) is 7.54. The van der Waals surface area contributed by atoms with Gasteiger partial charge in [0, 0.05) is 11.5 Å². The van der Waals surface area contributed by atoms with E-state index < -0.39 is 0 Å². The van der Waals surface area contributed by atoms with Crippen LogP contribution < -0.4 is 4.74 Å². The van der Waals surface area contributed by atoms with Gasteiger partial charge in [0.05, 0.1) is 16.7 Å². The fourth-order valence-electron chi connectivity index (χ4n) is 4.28. The minimum absolute atomic E-state index is 0.0323. The quantitative estimate of drug-likeness (QED) is 0.634. The van der Waals surface area contributed by atoms with E-state index in [9.17, 15) is 4.79 Å². The molecule has 138 valence electrons. The number of Topliss-reactive ketones (excluding diaryl/α,β-unsaturated/α-hetero) is 1. The molecule has 0 saturated heterocycles. The van der Waals surface area contributed by atoms with E-state index in [0.29, 0.717) is 39.4 Å². The summed E-state index contributed by atoms with van der Waals surface area (Å²) in [6.07, 6.45) is 5.38. The van der Waals surface area contributed by atoms with Crippen molar-refractivity contribution in [3.8, 4) is 11.8 Å². The van der Waals surface area contributed by atoms with Crippen LogP contribution in [0, 0.1) is 23.2 Å². The number of ketones is 1. The molecule has 1 saturated carbocycles. The van der Waals surface area contributed by atoms with Gasteiger partial charge in [-0.25, -0.2) is 0 Å². The molecule has 5 heteroatoms. The summed E-state index contributed by atoms with van der Waals surface area (Å²) in [5.41, 5.74) is 3.07. The van der Waals surface area contributed by atoms with E-state index in [4.69, 9.17) is 33.2 Å². The molecule has 2 aliphatic carbocycles. The molecule has 3 nitrogen and oxygen atoms in total. The molecule has 1 fully saturated rings. The Bertz CT molecular complexity index is 925. The second-order valence-electron chi connectivity index (χ2n) is 7.35. The van der Waals surface area contributed by atoms with Gasteiger partial charge in [-0.1, -0.05) is 48.2 Å². The van der Waals surface area contributed by atoms with Gasteiger partial charge in [0.25, 0.3) is 0 Å². The van der Waals surface area contributed by atoms with Crippen molar-refractivity contribution >= 4 is 29.0 Å². The summed E-state index contributed by atoms with van der Waals surface area (Å²) in [6, 6.07) is 11.2. The number of ether oxygens (including phenoxy) is 1. The van der Waals surface area contributed by atoms with Gasteiger partial charge in [-0.05, 0) is 54.5 Å². The molecule has 0 heterocycles. The second-order valence-corrected chi connectivity index (χ2v) is 8.11. The molecule has 4 rings (SSSR count). The highest BCUT2D eigenvalue weighted by Gasteiger charge is 2.39. The van der Waals surface area contributed by atoms with Gasteiger partial charge in [0.1, 0.15) is 17.4 Å². The van der Waals surface area contributed by atoms with Crippen molar-refractivity contribution in [1.82, 2.24) is 0 Å². The maximum atomic E-state index is 12.9. The predicted molar refractivity (Wildman–Crippen MR) is 105 cm³/mol.